The van der Waals surface area contributed by atoms with Crippen molar-refractivity contribution in [3.05, 3.63) is 65.3 Å². The van der Waals surface area contributed by atoms with Crippen molar-refractivity contribution < 1.29 is 0 Å². The van der Waals surface area contributed by atoms with Gasteiger partial charge < -0.3 is 0 Å². The lowest BCUT2D eigenvalue weighted by atomic mass is 10.0. The van der Waals surface area contributed by atoms with Crippen LogP contribution in [0.1, 0.15) is 38.3 Å². The molecule has 2 rings (SSSR count). The van der Waals surface area contributed by atoms with Crippen LogP contribution in [0.5, 0.6) is 0 Å². The predicted octanol–water partition coefficient (Wildman–Crippen LogP) is 5.31. The van der Waals surface area contributed by atoms with E-state index in [0.717, 1.165) is 6.42 Å². The molecule has 0 atom stereocenters. The fourth-order valence-electron chi connectivity index (χ4n) is 1.75. The van der Waals surface area contributed by atoms with Gasteiger partial charge in [0.25, 0.3) is 0 Å². The zero-order chi connectivity index (χ0) is 12.7. The predicted molar refractivity (Wildman–Crippen MR) is 78.0 cm³/mol. The summed E-state index contributed by atoms with van der Waals surface area (Å²) in [6, 6.07) is 8.71. The van der Waals surface area contributed by atoms with Crippen molar-refractivity contribution in [1.82, 2.24) is 0 Å². The first-order valence-corrected chi connectivity index (χ1v) is 6.38. The fourth-order valence-corrected chi connectivity index (χ4v) is 1.75. The first kappa shape index (κ1) is 13.5. The average Bonchev–Trinajstić information content (AvgIpc) is 2.57. The molecule has 0 unspecified atom stereocenters. The SMILES string of the molecule is CC.CC1=CC(c2ccc(C)cc2)=CCC=C1. The van der Waals surface area contributed by atoms with E-state index in [0.29, 0.717) is 0 Å². The molecule has 1 aromatic carbocycles. The van der Waals surface area contributed by atoms with Gasteiger partial charge in [-0.1, -0.05) is 73.6 Å². The number of aryl methyl sites for hydroxylation is 1. The van der Waals surface area contributed by atoms with Crippen molar-refractivity contribution >= 4 is 5.57 Å². The molecule has 17 heavy (non-hydrogen) atoms. The first-order valence-electron chi connectivity index (χ1n) is 6.38. The maximum Gasteiger partial charge on any atom is -0.0157 e. The molecule has 0 spiro atoms. The molecule has 1 aliphatic rings. The van der Waals surface area contributed by atoms with E-state index in [2.05, 4.69) is 62.4 Å². The van der Waals surface area contributed by atoms with Gasteiger partial charge in [0.15, 0.2) is 0 Å². The molecular weight excluding hydrogens is 204 g/mol. The molecule has 0 radical (unpaired) electrons. The van der Waals surface area contributed by atoms with E-state index < -0.39 is 0 Å². The number of benzene rings is 1. The topological polar surface area (TPSA) is 0 Å². The Morgan fingerprint density at radius 3 is 2.24 bits per heavy atom. The van der Waals surface area contributed by atoms with Gasteiger partial charge in [0.2, 0.25) is 0 Å². The van der Waals surface area contributed by atoms with E-state index >= 15 is 0 Å². The third kappa shape index (κ3) is 4.07. The van der Waals surface area contributed by atoms with Crippen LogP contribution in [0.4, 0.5) is 0 Å². The van der Waals surface area contributed by atoms with Crippen LogP contribution < -0.4 is 0 Å². The summed E-state index contributed by atoms with van der Waals surface area (Å²) in [7, 11) is 0. The molecule has 0 aromatic heterocycles. The third-order valence-corrected chi connectivity index (χ3v) is 2.62. The highest BCUT2D eigenvalue weighted by atomic mass is 14.0. The Hall–Kier alpha value is -1.56. The Bertz CT molecular complexity index is 428. The molecule has 1 aromatic rings. The van der Waals surface area contributed by atoms with Crippen molar-refractivity contribution in [3.63, 3.8) is 0 Å². The lowest BCUT2D eigenvalue weighted by Gasteiger charge is -2.03. The summed E-state index contributed by atoms with van der Waals surface area (Å²) in [5.74, 6) is 0. The molecule has 0 nitrogen and oxygen atoms in total. The molecule has 0 N–H and O–H groups in total. The summed E-state index contributed by atoms with van der Waals surface area (Å²) in [5, 5.41) is 0. The summed E-state index contributed by atoms with van der Waals surface area (Å²) in [6.07, 6.45) is 9.92. The fraction of sp³-hybridized carbons (Fsp3) is 0.294. The van der Waals surface area contributed by atoms with Gasteiger partial charge in [0.05, 0.1) is 0 Å². The van der Waals surface area contributed by atoms with Crippen molar-refractivity contribution in [3.8, 4) is 0 Å². The van der Waals surface area contributed by atoms with Crippen LogP contribution >= 0.6 is 0 Å². The number of hydrogen-bond donors (Lipinski definition) is 0. The zero-order valence-electron chi connectivity index (χ0n) is 11.3. The largest absolute Gasteiger partial charge is 0.0805 e. The maximum absolute atomic E-state index is 2.28. The van der Waals surface area contributed by atoms with Crippen LogP contribution in [-0.2, 0) is 0 Å². The van der Waals surface area contributed by atoms with E-state index in [1.807, 2.05) is 13.8 Å². The van der Waals surface area contributed by atoms with Gasteiger partial charge in [-0.25, -0.2) is 0 Å². The van der Waals surface area contributed by atoms with Crippen molar-refractivity contribution in [2.24, 2.45) is 0 Å². The average molecular weight is 226 g/mol. The van der Waals surface area contributed by atoms with Gasteiger partial charge in [0, 0.05) is 0 Å². The summed E-state index contributed by atoms with van der Waals surface area (Å²) < 4.78 is 0. The minimum Gasteiger partial charge on any atom is -0.0805 e. The molecule has 90 valence electrons. The summed E-state index contributed by atoms with van der Waals surface area (Å²) in [6.45, 7) is 8.26. The van der Waals surface area contributed by atoms with Gasteiger partial charge in [-0.2, -0.15) is 0 Å². The molecule has 0 saturated heterocycles. The van der Waals surface area contributed by atoms with Gasteiger partial charge in [-0.3, -0.25) is 0 Å². The standard InChI is InChI=1S/C15H16.C2H6/c1-12-7-9-14(10-8-12)15-6-4-3-5-13(2)11-15;1-2/h3,5-11H,4H2,1-2H3;1-2H3. The highest BCUT2D eigenvalue weighted by Crippen LogP contribution is 2.21. The molecule has 0 fully saturated rings. The van der Waals surface area contributed by atoms with Crippen LogP contribution in [0.15, 0.2) is 54.1 Å². The highest BCUT2D eigenvalue weighted by Gasteiger charge is 2.00. The van der Waals surface area contributed by atoms with E-state index in [1.165, 1.54) is 22.3 Å². The van der Waals surface area contributed by atoms with Crippen molar-refractivity contribution in [2.75, 3.05) is 0 Å². The molecule has 0 bridgehead atoms. The Balaban J connectivity index is 0.000000686. The summed E-state index contributed by atoms with van der Waals surface area (Å²) in [4.78, 5) is 0. The highest BCUT2D eigenvalue weighted by molar-refractivity contribution is 5.75. The van der Waals surface area contributed by atoms with Crippen LogP contribution in [-0.4, -0.2) is 0 Å². The zero-order valence-corrected chi connectivity index (χ0v) is 11.3. The summed E-state index contributed by atoms with van der Waals surface area (Å²) >= 11 is 0. The van der Waals surface area contributed by atoms with E-state index in [-0.39, 0.29) is 0 Å². The van der Waals surface area contributed by atoms with Gasteiger partial charge in [-0.05, 0) is 31.4 Å². The third-order valence-electron chi connectivity index (χ3n) is 2.62. The Morgan fingerprint density at radius 2 is 1.59 bits per heavy atom. The molecule has 0 heteroatoms. The smallest absolute Gasteiger partial charge is 0.0157 e. The second kappa shape index (κ2) is 6.90. The Morgan fingerprint density at radius 1 is 0.941 bits per heavy atom. The number of allylic oxidation sites excluding steroid dienone is 6. The molecule has 0 saturated carbocycles. The second-order valence-corrected chi connectivity index (χ2v) is 4.05. The normalized spacial score (nSPS) is 14.1. The van der Waals surface area contributed by atoms with E-state index in [4.69, 9.17) is 0 Å². The van der Waals surface area contributed by atoms with Crippen LogP contribution in [0, 0.1) is 6.92 Å². The lowest BCUT2D eigenvalue weighted by Crippen LogP contribution is -1.82. The van der Waals surface area contributed by atoms with Crippen LogP contribution in [0.3, 0.4) is 0 Å². The van der Waals surface area contributed by atoms with E-state index in [9.17, 15) is 0 Å². The van der Waals surface area contributed by atoms with Crippen molar-refractivity contribution in [2.45, 2.75) is 34.1 Å². The number of hydrogen-bond acceptors (Lipinski definition) is 0. The van der Waals surface area contributed by atoms with Crippen LogP contribution in [0.2, 0.25) is 0 Å². The molecule has 0 amide bonds. The van der Waals surface area contributed by atoms with Crippen molar-refractivity contribution in [1.29, 1.82) is 0 Å². The summed E-state index contributed by atoms with van der Waals surface area (Å²) in [5.41, 5.74) is 5.27. The number of rotatable bonds is 1. The molecular formula is C17H22. The Kier molecular flexibility index (Phi) is 5.48. The first-order chi connectivity index (χ1) is 8.25. The second-order valence-electron chi connectivity index (χ2n) is 4.05. The van der Waals surface area contributed by atoms with Gasteiger partial charge in [0.1, 0.15) is 0 Å². The van der Waals surface area contributed by atoms with Gasteiger partial charge >= 0.3 is 0 Å². The molecule has 1 aliphatic carbocycles. The quantitative estimate of drug-likeness (QED) is 0.608. The Labute approximate surface area is 105 Å². The molecule has 0 aliphatic heterocycles. The minimum atomic E-state index is 1.02. The lowest BCUT2D eigenvalue weighted by molar-refractivity contribution is 1.39. The monoisotopic (exact) mass is 226 g/mol. The van der Waals surface area contributed by atoms with E-state index in [1.54, 1.807) is 0 Å². The minimum absolute atomic E-state index is 1.02. The maximum atomic E-state index is 2.28. The van der Waals surface area contributed by atoms with Crippen LogP contribution in [0.25, 0.3) is 5.57 Å². The van der Waals surface area contributed by atoms with Gasteiger partial charge in [-0.15, -0.1) is 0 Å². The molecule has 0 heterocycles.